The van der Waals surface area contributed by atoms with Crippen molar-refractivity contribution in [1.82, 2.24) is 0 Å². The lowest BCUT2D eigenvalue weighted by atomic mass is 10.1. The lowest BCUT2D eigenvalue weighted by Gasteiger charge is -2.07. The number of hydrogen-bond donors (Lipinski definition) is 1. The van der Waals surface area contributed by atoms with Gasteiger partial charge in [0.25, 0.3) is 0 Å². The molecule has 1 unspecified atom stereocenters. The van der Waals surface area contributed by atoms with Gasteiger partial charge in [-0.2, -0.15) is 13.2 Å². The van der Waals surface area contributed by atoms with Gasteiger partial charge in [-0.15, -0.1) is 0 Å². The summed E-state index contributed by atoms with van der Waals surface area (Å²) in [6.45, 7) is 0. The summed E-state index contributed by atoms with van der Waals surface area (Å²) in [5.74, 6) is 0.329. The van der Waals surface area contributed by atoms with Crippen molar-refractivity contribution in [3.8, 4) is 5.75 Å². The molecular weight excluding hydrogens is 371 g/mol. The van der Waals surface area contributed by atoms with Crippen LogP contribution in [0.4, 0.5) is 13.2 Å². The zero-order valence-corrected chi connectivity index (χ0v) is 13.3. The third-order valence-electron chi connectivity index (χ3n) is 2.39. The Morgan fingerprint density at radius 1 is 1.12 bits per heavy atom. The van der Waals surface area contributed by atoms with Crippen LogP contribution in [0.1, 0.15) is 5.56 Å². The second kappa shape index (κ2) is 9.26. The van der Waals surface area contributed by atoms with Crippen molar-refractivity contribution >= 4 is 28.7 Å². The van der Waals surface area contributed by atoms with Gasteiger partial charge in [-0.05, 0) is 24.3 Å². The first kappa shape index (κ1) is 19.9. The number of oxime groups is 1. The van der Waals surface area contributed by atoms with E-state index >= 15 is 0 Å². The fourth-order valence-electron chi connectivity index (χ4n) is 1.44. The number of nitrogens with zero attached hydrogens (tertiary/aromatic N) is 1. The quantitative estimate of drug-likeness (QED) is 0.378. The highest BCUT2D eigenvalue weighted by atomic mass is 35.5. The molecule has 0 aromatic heterocycles. The molecule has 0 radical (unpaired) electrons. The summed E-state index contributed by atoms with van der Waals surface area (Å²) < 4.78 is 60.8. The van der Waals surface area contributed by atoms with Crippen LogP contribution in [0.3, 0.4) is 0 Å². The van der Waals surface area contributed by atoms with Crippen LogP contribution in [0.2, 0.25) is 5.02 Å². The topological polar surface area (TPSA) is 82.0 Å². The lowest BCUT2D eigenvalue weighted by Crippen LogP contribution is -2.23. The summed E-state index contributed by atoms with van der Waals surface area (Å²) in [6.07, 6.45) is -4.68. The lowest BCUT2D eigenvalue weighted by molar-refractivity contribution is -0.0601. The molecule has 0 heterocycles. The van der Waals surface area contributed by atoms with Gasteiger partial charge in [0.1, 0.15) is 17.1 Å². The third kappa shape index (κ3) is 6.99. The van der Waals surface area contributed by atoms with Gasteiger partial charge >= 0.3 is 6.18 Å². The number of para-hydroxylation sites is 1. The predicted molar refractivity (Wildman–Crippen MR) is 81.8 cm³/mol. The normalized spacial score (nSPS) is 12.8. The molecule has 0 aliphatic carbocycles. The maximum Gasteiger partial charge on any atom is 0.437 e. The van der Waals surface area contributed by atoms with Crippen molar-refractivity contribution in [2.24, 2.45) is 5.16 Å². The molecule has 0 saturated carbocycles. The monoisotopic (exact) mass is 380 g/mol. The highest BCUT2D eigenvalue weighted by Gasteiger charge is 2.37. The van der Waals surface area contributed by atoms with Crippen LogP contribution in [-0.2, 0) is 11.4 Å². The van der Waals surface area contributed by atoms with E-state index in [0.717, 1.165) is 12.1 Å². The predicted octanol–water partition coefficient (Wildman–Crippen LogP) is 3.94. The SMILES string of the molecule is O=S([O-])Oc1ccccc1.ON=C(c1ccc(Cl)cc1)C(F)(F)F. The van der Waals surface area contributed by atoms with Gasteiger partial charge in [0.15, 0.2) is 5.71 Å². The van der Waals surface area contributed by atoms with Crippen LogP contribution >= 0.6 is 11.6 Å². The highest BCUT2D eigenvalue weighted by molar-refractivity contribution is 7.74. The van der Waals surface area contributed by atoms with Crippen molar-refractivity contribution in [1.29, 1.82) is 0 Å². The van der Waals surface area contributed by atoms with Crippen LogP contribution in [0.25, 0.3) is 0 Å². The van der Waals surface area contributed by atoms with Crippen molar-refractivity contribution < 1.29 is 31.3 Å². The highest BCUT2D eigenvalue weighted by Crippen LogP contribution is 2.23. The number of rotatable bonds is 3. The van der Waals surface area contributed by atoms with Crippen molar-refractivity contribution in [3.05, 3.63) is 65.2 Å². The van der Waals surface area contributed by atoms with Gasteiger partial charge in [0, 0.05) is 10.6 Å². The second-order valence-electron chi connectivity index (χ2n) is 4.05. The van der Waals surface area contributed by atoms with E-state index in [2.05, 4.69) is 9.34 Å². The van der Waals surface area contributed by atoms with Gasteiger partial charge in [-0.3, -0.25) is 0 Å². The minimum atomic E-state index is -4.68. The van der Waals surface area contributed by atoms with E-state index in [0.29, 0.717) is 10.8 Å². The van der Waals surface area contributed by atoms with E-state index < -0.39 is 23.2 Å². The summed E-state index contributed by atoms with van der Waals surface area (Å²) in [6, 6.07) is 13.1. The smallest absolute Gasteiger partial charge is 0.437 e. The molecule has 2 rings (SSSR count). The van der Waals surface area contributed by atoms with E-state index in [-0.39, 0.29) is 5.56 Å². The maximum absolute atomic E-state index is 12.2. The number of halogens is 4. The molecule has 0 saturated heterocycles. The molecule has 0 spiro atoms. The molecule has 0 bridgehead atoms. The summed E-state index contributed by atoms with van der Waals surface area (Å²) in [7, 11) is 0. The average molecular weight is 381 g/mol. The van der Waals surface area contributed by atoms with Gasteiger partial charge in [0.05, 0.1) is 0 Å². The van der Waals surface area contributed by atoms with Crippen LogP contribution in [0, 0.1) is 0 Å². The van der Waals surface area contributed by atoms with Gasteiger partial charge in [-0.1, -0.05) is 47.1 Å². The van der Waals surface area contributed by atoms with E-state index in [1.807, 2.05) is 0 Å². The molecule has 2 aromatic carbocycles. The number of hydrogen-bond acceptors (Lipinski definition) is 5. The molecule has 0 fully saturated rings. The molecule has 1 atom stereocenters. The summed E-state index contributed by atoms with van der Waals surface area (Å²) in [5.41, 5.74) is -1.57. The molecule has 10 heteroatoms. The first-order chi connectivity index (χ1) is 11.2. The van der Waals surface area contributed by atoms with Gasteiger partial charge in [-0.25, -0.2) is 4.21 Å². The first-order valence-electron chi connectivity index (χ1n) is 6.12. The summed E-state index contributed by atoms with van der Waals surface area (Å²) in [5, 5.41) is 10.7. The van der Waals surface area contributed by atoms with Crippen LogP contribution < -0.4 is 4.18 Å². The van der Waals surface area contributed by atoms with Crippen molar-refractivity contribution in [2.45, 2.75) is 6.18 Å². The fourth-order valence-corrected chi connectivity index (χ4v) is 1.83. The number of alkyl halides is 3. The Balaban J connectivity index is 0.000000254. The largest absolute Gasteiger partial charge is 0.740 e. The zero-order valence-electron chi connectivity index (χ0n) is 11.7. The molecular formula is C14H10ClF3NO4S-. The third-order valence-corrected chi connectivity index (χ3v) is 2.97. The van der Waals surface area contributed by atoms with Crippen LogP contribution in [0.15, 0.2) is 59.8 Å². The Bertz CT molecular complexity index is 693. The minimum Gasteiger partial charge on any atom is -0.740 e. The Kier molecular flexibility index (Phi) is 7.69. The van der Waals surface area contributed by atoms with Crippen molar-refractivity contribution in [3.63, 3.8) is 0 Å². The molecule has 0 amide bonds. The van der Waals surface area contributed by atoms with Crippen LogP contribution in [0.5, 0.6) is 5.75 Å². The van der Waals surface area contributed by atoms with Gasteiger partial charge < -0.3 is 13.9 Å². The standard InChI is InChI=1S/C8H5ClF3NO.C6H6O3S/c9-6-3-1-5(2-4-6)7(13-14)8(10,11)12;7-10(8)9-6-4-2-1-3-5-6/h1-4,14H;1-5H,(H,7,8)/p-1. The average Bonchev–Trinajstić information content (AvgIpc) is 2.50. The molecule has 0 aliphatic rings. The first-order valence-corrected chi connectivity index (χ1v) is 7.49. The molecule has 1 N–H and O–H groups in total. The van der Waals surface area contributed by atoms with E-state index in [9.17, 15) is 21.9 Å². The van der Waals surface area contributed by atoms with Crippen LogP contribution in [-0.4, -0.2) is 25.9 Å². The molecule has 2 aromatic rings. The zero-order chi connectivity index (χ0) is 18.2. The fraction of sp³-hybridized carbons (Fsp3) is 0.0714. The summed E-state index contributed by atoms with van der Waals surface area (Å²) >= 11 is 3.02. The molecule has 5 nitrogen and oxygen atoms in total. The number of benzene rings is 2. The second-order valence-corrected chi connectivity index (χ2v) is 5.07. The Morgan fingerprint density at radius 2 is 1.67 bits per heavy atom. The molecule has 130 valence electrons. The maximum atomic E-state index is 12.2. The van der Waals surface area contributed by atoms with E-state index in [4.69, 9.17) is 16.8 Å². The summed E-state index contributed by atoms with van der Waals surface area (Å²) in [4.78, 5) is 0. The molecule has 24 heavy (non-hydrogen) atoms. The van der Waals surface area contributed by atoms with Crippen molar-refractivity contribution in [2.75, 3.05) is 0 Å². The van der Waals surface area contributed by atoms with E-state index in [1.165, 1.54) is 12.1 Å². The van der Waals surface area contributed by atoms with Gasteiger partial charge in [0.2, 0.25) is 0 Å². The molecule has 0 aliphatic heterocycles. The Hall–Kier alpha value is -2.10. The Labute approximate surface area is 142 Å². The van der Waals surface area contributed by atoms with E-state index in [1.54, 1.807) is 30.3 Å². The minimum absolute atomic E-state index is 0.232. The Morgan fingerprint density at radius 3 is 2.08 bits per heavy atom.